The SMILES string of the molecule is CC(C)C(=O)N1CCC(NC(=O)C2(C)CCNC2)CC1.Cl. The Morgan fingerprint density at radius 1 is 1.29 bits per heavy atom. The third-order valence-electron chi connectivity index (χ3n) is 4.55. The molecule has 2 fully saturated rings. The molecule has 0 spiro atoms. The lowest BCUT2D eigenvalue weighted by Crippen LogP contribution is -2.51. The zero-order valence-electron chi connectivity index (χ0n) is 13.3. The van der Waals surface area contributed by atoms with E-state index in [0.717, 1.165) is 45.4 Å². The minimum atomic E-state index is -0.259. The second-order valence-electron chi connectivity index (χ2n) is 6.72. The van der Waals surface area contributed by atoms with Crippen LogP contribution in [0.5, 0.6) is 0 Å². The van der Waals surface area contributed by atoms with Crippen molar-refractivity contribution in [3.8, 4) is 0 Å². The number of likely N-dealkylation sites (tertiary alicyclic amines) is 1. The number of halogens is 1. The fourth-order valence-electron chi connectivity index (χ4n) is 2.98. The highest BCUT2D eigenvalue weighted by Crippen LogP contribution is 2.25. The van der Waals surface area contributed by atoms with Crippen molar-refractivity contribution < 1.29 is 9.59 Å². The van der Waals surface area contributed by atoms with Gasteiger partial charge in [-0.3, -0.25) is 9.59 Å². The number of nitrogens with zero attached hydrogens (tertiary/aromatic N) is 1. The Kier molecular flexibility index (Phi) is 6.47. The summed E-state index contributed by atoms with van der Waals surface area (Å²) in [5, 5.41) is 6.42. The summed E-state index contributed by atoms with van der Waals surface area (Å²) in [6, 6.07) is 0.219. The predicted molar refractivity (Wildman–Crippen MR) is 85.4 cm³/mol. The smallest absolute Gasteiger partial charge is 0.227 e. The van der Waals surface area contributed by atoms with Crippen molar-refractivity contribution in [2.45, 2.75) is 46.1 Å². The number of amides is 2. The van der Waals surface area contributed by atoms with Crippen LogP contribution in [0.4, 0.5) is 0 Å². The zero-order valence-corrected chi connectivity index (χ0v) is 14.1. The van der Waals surface area contributed by atoms with E-state index in [1.54, 1.807) is 0 Å². The third kappa shape index (κ3) is 4.33. The van der Waals surface area contributed by atoms with Crippen molar-refractivity contribution in [1.82, 2.24) is 15.5 Å². The van der Waals surface area contributed by atoms with E-state index >= 15 is 0 Å². The van der Waals surface area contributed by atoms with E-state index in [2.05, 4.69) is 10.6 Å². The number of carbonyl (C=O) groups excluding carboxylic acids is 2. The molecule has 2 saturated heterocycles. The highest BCUT2D eigenvalue weighted by Gasteiger charge is 2.37. The van der Waals surface area contributed by atoms with Gasteiger partial charge in [0.1, 0.15) is 0 Å². The van der Waals surface area contributed by atoms with E-state index in [0.29, 0.717) is 0 Å². The molecule has 1 unspecified atom stereocenters. The van der Waals surface area contributed by atoms with Gasteiger partial charge in [-0.15, -0.1) is 12.4 Å². The van der Waals surface area contributed by atoms with Crippen molar-refractivity contribution in [3.63, 3.8) is 0 Å². The van der Waals surface area contributed by atoms with E-state index in [1.165, 1.54) is 0 Å². The third-order valence-corrected chi connectivity index (χ3v) is 4.55. The minimum absolute atomic E-state index is 0. The standard InChI is InChI=1S/C15H27N3O2.ClH/c1-11(2)13(19)18-8-4-12(5-9-18)17-14(20)15(3)6-7-16-10-15;/h11-12,16H,4-10H2,1-3H3,(H,17,20);1H. The number of rotatable bonds is 3. The molecule has 2 rings (SSSR count). The fraction of sp³-hybridized carbons (Fsp3) is 0.867. The van der Waals surface area contributed by atoms with Crippen LogP contribution < -0.4 is 10.6 Å². The monoisotopic (exact) mass is 317 g/mol. The van der Waals surface area contributed by atoms with Gasteiger partial charge in [-0.25, -0.2) is 0 Å². The molecular weight excluding hydrogens is 290 g/mol. The summed E-state index contributed by atoms with van der Waals surface area (Å²) in [6.07, 6.45) is 2.64. The summed E-state index contributed by atoms with van der Waals surface area (Å²) in [5.74, 6) is 0.447. The van der Waals surface area contributed by atoms with Gasteiger partial charge in [-0.2, -0.15) is 0 Å². The Bertz CT molecular complexity index is 373. The molecule has 0 radical (unpaired) electrons. The van der Waals surface area contributed by atoms with Crippen molar-refractivity contribution in [2.24, 2.45) is 11.3 Å². The van der Waals surface area contributed by atoms with Crippen LogP contribution >= 0.6 is 12.4 Å². The Balaban J connectivity index is 0.00000220. The first-order chi connectivity index (χ1) is 9.42. The molecule has 2 heterocycles. The molecule has 0 aromatic carbocycles. The normalized spacial score (nSPS) is 26.6. The van der Waals surface area contributed by atoms with Gasteiger partial charge in [0.2, 0.25) is 11.8 Å². The van der Waals surface area contributed by atoms with Crippen LogP contribution in [0.2, 0.25) is 0 Å². The topological polar surface area (TPSA) is 61.4 Å². The van der Waals surface area contributed by atoms with Crippen molar-refractivity contribution >= 4 is 24.2 Å². The predicted octanol–water partition coefficient (Wildman–Crippen LogP) is 1.17. The lowest BCUT2D eigenvalue weighted by atomic mass is 9.88. The molecule has 0 aromatic rings. The molecule has 2 N–H and O–H groups in total. The van der Waals surface area contributed by atoms with Gasteiger partial charge >= 0.3 is 0 Å². The maximum Gasteiger partial charge on any atom is 0.227 e. The fourth-order valence-corrected chi connectivity index (χ4v) is 2.98. The average Bonchev–Trinajstić information content (AvgIpc) is 2.87. The van der Waals surface area contributed by atoms with Gasteiger partial charge in [0, 0.05) is 31.6 Å². The molecular formula is C15H28ClN3O2. The average molecular weight is 318 g/mol. The lowest BCUT2D eigenvalue weighted by Gasteiger charge is -2.35. The first-order valence-corrected chi connectivity index (χ1v) is 7.73. The lowest BCUT2D eigenvalue weighted by molar-refractivity contribution is -0.136. The van der Waals surface area contributed by atoms with Crippen LogP contribution in [0.3, 0.4) is 0 Å². The molecule has 5 nitrogen and oxygen atoms in total. The Labute approximate surface area is 133 Å². The number of hydrogen-bond donors (Lipinski definition) is 2. The van der Waals surface area contributed by atoms with Gasteiger partial charge < -0.3 is 15.5 Å². The molecule has 0 bridgehead atoms. The molecule has 0 aliphatic carbocycles. The van der Waals surface area contributed by atoms with E-state index < -0.39 is 0 Å². The molecule has 1 atom stereocenters. The summed E-state index contributed by atoms with van der Waals surface area (Å²) < 4.78 is 0. The molecule has 2 amide bonds. The van der Waals surface area contributed by atoms with Crippen LogP contribution in [-0.4, -0.2) is 48.9 Å². The van der Waals surface area contributed by atoms with Crippen LogP contribution in [0.15, 0.2) is 0 Å². The van der Waals surface area contributed by atoms with Gasteiger partial charge in [0.15, 0.2) is 0 Å². The summed E-state index contributed by atoms with van der Waals surface area (Å²) >= 11 is 0. The summed E-state index contributed by atoms with van der Waals surface area (Å²) in [6.45, 7) is 9.11. The van der Waals surface area contributed by atoms with E-state index in [9.17, 15) is 9.59 Å². The van der Waals surface area contributed by atoms with Crippen LogP contribution in [0, 0.1) is 11.3 Å². The van der Waals surface area contributed by atoms with Crippen molar-refractivity contribution in [1.29, 1.82) is 0 Å². The minimum Gasteiger partial charge on any atom is -0.353 e. The molecule has 21 heavy (non-hydrogen) atoms. The highest BCUT2D eigenvalue weighted by molar-refractivity contribution is 5.85. The Hall–Kier alpha value is -0.810. The summed E-state index contributed by atoms with van der Waals surface area (Å²) in [5.41, 5.74) is -0.259. The van der Waals surface area contributed by atoms with Gasteiger partial charge in [-0.1, -0.05) is 13.8 Å². The zero-order chi connectivity index (χ0) is 14.8. The molecule has 0 aromatic heterocycles. The van der Waals surface area contributed by atoms with E-state index in [1.807, 2.05) is 25.7 Å². The maximum atomic E-state index is 12.3. The largest absolute Gasteiger partial charge is 0.353 e. The van der Waals surface area contributed by atoms with Gasteiger partial charge in [0.05, 0.1) is 5.41 Å². The molecule has 0 saturated carbocycles. The second kappa shape index (κ2) is 7.45. The first-order valence-electron chi connectivity index (χ1n) is 7.73. The Morgan fingerprint density at radius 2 is 1.90 bits per heavy atom. The summed E-state index contributed by atoms with van der Waals surface area (Å²) in [4.78, 5) is 26.2. The number of nitrogens with one attached hydrogen (secondary N) is 2. The molecule has 2 aliphatic heterocycles. The molecule has 6 heteroatoms. The van der Waals surface area contributed by atoms with Crippen LogP contribution in [0.1, 0.15) is 40.0 Å². The van der Waals surface area contributed by atoms with Crippen molar-refractivity contribution in [3.05, 3.63) is 0 Å². The molecule has 2 aliphatic rings. The highest BCUT2D eigenvalue weighted by atomic mass is 35.5. The number of hydrogen-bond acceptors (Lipinski definition) is 3. The summed E-state index contributed by atoms with van der Waals surface area (Å²) in [7, 11) is 0. The van der Waals surface area contributed by atoms with Crippen molar-refractivity contribution in [2.75, 3.05) is 26.2 Å². The number of carbonyl (C=O) groups is 2. The number of piperidine rings is 1. The van der Waals surface area contributed by atoms with E-state index in [4.69, 9.17) is 0 Å². The van der Waals surface area contributed by atoms with Gasteiger partial charge in [0.25, 0.3) is 0 Å². The van der Waals surface area contributed by atoms with Crippen LogP contribution in [-0.2, 0) is 9.59 Å². The van der Waals surface area contributed by atoms with Gasteiger partial charge in [-0.05, 0) is 32.7 Å². The first kappa shape index (κ1) is 18.2. The Morgan fingerprint density at radius 3 is 2.38 bits per heavy atom. The quantitative estimate of drug-likeness (QED) is 0.821. The van der Waals surface area contributed by atoms with Crippen LogP contribution in [0.25, 0.3) is 0 Å². The maximum absolute atomic E-state index is 12.3. The second-order valence-corrected chi connectivity index (χ2v) is 6.72. The molecule has 122 valence electrons. The van der Waals surface area contributed by atoms with E-state index in [-0.39, 0.29) is 41.6 Å².